The van der Waals surface area contributed by atoms with E-state index < -0.39 is 6.16 Å². The summed E-state index contributed by atoms with van der Waals surface area (Å²) in [4.78, 5) is 11.1. The first-order chi connectivity index (χ1) is 3.54. The first-order valence-electron chi connectivity index (χ1n) is 2.51. The van der Waals surface area contributed by atoms with Gasteiger partial charge in [0.2, 0.25) is 0 Å². The summed E-state index contributed by atoms with van der Waals surface area (Å²) in [7, 11) is 0. The molecule has 2 nitrogen and oxygen atoms in total. The fourth-order valence-electron chi connectivity index (χ4n) is 0.652. The lowest BCUT2D eigenvalue weighted by molar-refractivity contribution is 0.202. The summed E-state index contributed by atoms with van der Waals surface area (Å²) in [5.74, 6) is 0. The van der Waals surface area contributed by atoms with E-state index in [9.17, 15) is 9.18 Å². The zero-order valence-corrected chi connectivity index (χ0v) is 4.94. The number of amides is 1. The van der Waals surface area contributed by atoms with E-state index in [1.165, 1.54) is 4.90 Å². The number of carbonyl (C=O) groups is 1. The van der Waals surface area contributed by atoms with E-state index in [-0.39, 0.29) is 5.54 Å². The standard InChI is InChI=1S/C5H8FNO/c1-5(2)3-7(5)4(6)8/h3H2,1-2H3. The molecule has 1 saturated heterocycles. The Bertz CT molecular complexity index is 132. The van der Waals surface area contributed by atoms with E-state index in [1.54, 1.807) is 0 Å². The molecule has 0 saturated carbocycles. The second-order valence-electron chi connectivity index (χ2n) is 2.65. The topological polar surface area (TPSA) is 20.1 Å². The highest BCUT2D eigenvalue weighted by molar-refractivity contribution is 5.70. The van der Waals surface area contributed by atoms with Crippen molar-refractivity contribution >= 4 is 6.16 Å². The van der Waals surface area contributed by atoms with E-state index in [2.05, 4.69) is 0 Å². The second-order valence-corrected chi connectivity index (χ2v) is 2.65. The van der Waals surface area contributed by atoms with Crippen LogP contribution in [0.3, 0.4) is 0 Å². The van der Waals surface area contributed by atoms with Crippen LogP contribution in [-0.2, 0) is 0 Å². The summed E-state index contributed by atoms with van der Waals surface area (Å²) in [6, 6.07) is 0. The van der Waals surface area contributed by atoms with Gasteiger partial charge in [-0.2, -0.15) is 0 Å². The van der Waals surface area contributed by atoms with Gasteiger partial charge in [-0.05, 0) is 13.8 Å². The van der Waals surface area contributed by atoms with Crippen LogP contribution in [0.15, 0.2) is 0 Å². The van der Waals surface area contributed by atoms with Crippen LogP contribution in [0.1, 0.15) is 13.8 Å². The van der Waals surface area contributed by atoms with Gasteiger partial charge in [-0.15, -0.1) is 4.39 Å². The molecule has 1 fully saturated rings. The lowest BCUT2D eigenvalue weighted by atomic mass is 10.2. The Labute approximate surface area is 47.3 Å². The minimum Gasteiger partial charge on any atom is -0.305 e. The Morgan fingerprint density at radius 2 is 2.12 bits per heavy atom. The summed E-state index contributed by atoms with van der Waals surface area (Å²) < 4.78 is 11.7. The van der Waals surface area contributed by atoms with Gasteiger partial charge in [0, 0.05) is 6.54 Å². The lowest BCUT2D eigenvalue weighted by Gasteiger charge is -1.97. The Morgan fingerprint density at radius 3 is 2.12 bits per heavy atom. The third kappa shape index (κ3) is 0.680. The van der Waals surface area contributed by atoms with Gasteiger partial charge in [-0.1, -0.05) is 0 Å². The summed E-state index contributed by atoms with van der Waals surface area (Å²) in [6.07, 6.45) is -1.31. The second kappa shape index (κ2) is 1.21. The van der Waals surface area contributed by atoms with Crippen LogP contribution in [0, 0.1) is 0 Å². The highest BCUT2D eigenvalue weighted by atomic mass is 19.1. The largest absolute Gasteiger partial charge is 0.400 e. The predicted octanol–water partition coefficient (Wildman–Crippen LogP) is 1.17. The molecule has 0 bridgehead atoms. The van der Waals surface area contributed by atoms with E-state index in [0.29, 0.717) is 6.54 Å². The molecular weight excluding hydrogens is 109 g/mol. The van der Waals surface area contributed by atoms with Gasteiger partial charge in [0.1, 0.15) is 0 Å². The third-order valence-corrected chi connectivity index (χ3v) is 1.38. The zero-order chi connectivity index (χ0) is 6.36. The minimum absolute atomic E-state index is 0.203. The molecule has 0 aromatic heterocycles. The van der Waals surface area contributed by atoms with Crippen LogP contribution in [0.5, 0.6) is 0 Å². The van der Waals surface area contributed by atoms with Crippen LogP contribution in [0.2, 0.25) is 0 Å². The maximum atomic E-state index is 11.7. The molecule has 3 heteroatoms. The van der Waals surface area contributed by atoms with Gasteiger partial charge < -0.3 is 4.90 Å². The van der Waals surface area contributed by atoms with Gasteiger partial charge in [0.25, 0.3) is 0 Å². The maximum absolute atomic E-state index is 11.7. The molecule has 1 amide bonds. The molecule has 0 aromatic carbocycles. The van der Waals surface area contributed by atoms with E-state index in [1.807, 2.05) is 13.8 Å². The molecule has 1 aliphatic rings. The molecule has 0 N–H and O–H groups in total. The number of hydrogen-bond acceptors (Lipinski definition) is 1. The van der Waals surface area contributed by atoms with Crippen molar-refractivity contribution in [1.82, 2.24) is 4.90 Å². The summed E-state index contributed by atoms with van der Waals surface area (Å²) >= 11 is 0. The predicted molar refractivity (Wildman–Crippen MR) is 27.3 cm³/mol. The third-order valence-electron chi connectivity index (χ3n) is 1.38. The number of hydrogen-bond donors (Lipinski definition) is 0. The summed E-state index contributed by atoms with van der Waals surface area (Å²) in [5, 5.41) is 0. The SMILES string of the molecule is CC1(C)CN1C(=O)F. The average Bonchev–Trinajstić information content (AvgIpc) is 2.13. The lowest BCUT2D eigenvalue weighted by Crippen LogP contribution is -2.11. The van der Waals surface area contributed by atoms with Crippen molar-refractivity contribution in [3.05, 3.63) is 0 Å². The molecule has 0 atom stereocenters. The normalized spacial score (nSPS) is 23.1. The molecule has 46 valence electrons. The van der Waals surface area contributed by atoms with Crippen LogP contribution < -0.4 is 0 Å². The van der Waals surface area contributed by atoms with E-state index in [0.717, 1.165) is 0 Å². The molecule has 1 aliphatic heterocycles. The molecule has 1 heterocycles. The van der Waals surface area contributed by atoms with Crippen molar-refractivity contribution in [1.29, 1.82) is 0 Å². The smallest absolute Gasteiger partial charge is 0.305 e. The zero-order valence-electron chi connectivity index (χ0n) is 4.94. The molecule has 0 aromatic rings. The number of halogens is 1. The molecule has 0 unspecified atom stereocenters. The molecule has 0 aliphatic carbocycles. The van der Waals surface area contributed by atoms with Crippen molar-refractivity contribution in [2.24, 2.45) is 0 Å². The van der Waals surface area contributed by atoms with Gasteiger partial charge in [-0.3, -0.25) is 0 Å². The molecule has 0 radical (unpaired) electrons. The van der Waals surface area contributed by atoms with Crippen LogP contribution >= 0.6 is 0 Å². The number of nitrogens with zero attached hydrogens (tertiary/aromatic N) is 1. The maximum Gasteiger partial charge on any atom is 0.400 e. The summed E-state index contributed by atoms with van der Waals surface area (Å²) in [5.41, 5.74) is -0.203. The Hall–Kier alpha value is -0.600. The van der Waals surface area contributed by atoms with Crippen molar-refractivity contribution < 1.29 is 9.18 Å². The fourth-order valence-corrected chi connectivity index (χ4v) is 0.652. The van der Waals surface area contributed by atoms with Gasteiger partial charge >= 0.3 is 6.16 Å². The molecule has 8 heavy (non-hydrogen) atoms. The van der Waals surface area contributed by atoms with E-state index >= 15 is 0 Å². The molecular formula is C5H8FNO. The first-order valence-corrected chi connectivity index (χ1v) is 2.51. The van der Waals surface area contributed by atoms with Gasteiger partial charge in [0.15, 0.2) is 0 Å². The first kappa shape index (κ1) is 5.54. The number of carbonyl (C=O) groups excluding carboxylic acids is 1. The van der Waals surface area contributed by atoms with Crippen LogP contribution in [-0.4, -0.2) is 23.1 Å². The quantitative estimate of drug-likeness (QED) is 0.265. The van der Waals surface area contributed by atoms with Crippen LogP contribution in [0.25, 0.3) is 0 Å². The number of rotatable bonds is 0. The van der Waals surface area contributed by atoms with Gasteiger partial charge in [-0.25, -0.2) is 4.79 Å². The summed E-state index contributed by atoms with van der Waals surface area (Å²) in [6.45, 7) is 4.21. The Kier molecular flexibility index (Phi) is 0.840. The van der Waals surface area contributed by atoms with Crippen molar-refractivity contribution in [3.63, 3.8) is 0 Å². The van der Waals surface area contributed by atoms with Crippen LogP contribution in [0.4, 0.5) is 9.18 Å². The molecule has 1 rings (SSSR count). The van der Waals surface area contributed by atoms with E-state index in [4.69, 9.17) is 0 Å². The minimum atomic E-state index is -1.31. The van der Waals surface area contributed by atoms with Crippen molar-refractivity contribution in [2.45, 2.75) is 19.4 Å². The fraction of sp³-hybridized carbons (Fsp3) is 0.800. The van der Waals surface area contributed by atoms with Gasteiger partial charge in [0.05, 0.1) is 5.54 Å². The highest BCUT2D eigenvalue weighted by Gasteiger charge is 2.46. The average molecular weight is 117 g/mol. The Morgan fingerprint density at radius 1 is 1.75 bits per heavy atom. The Balaban J connectivity index is 2.48. The van der Waals surface area contributed by atoms with Crippen molar-refractivity contribution in [3.8, 4) is 0 Å². The molecule has 0 spiro atoms. The highest BCUT2D eigenvalue weighted by Crippen LogP contribution is 2.30. The van der Waals surface area contributed by atoms with Crippen molar-refractivity contribution in [2.75, 3.05) is 6.54 Å². The monoisotopic (exact) mass is 117 g/mol.